The minimum absolute atomic E-state index is 0.0469. The van der Waals surface area contributed by atoms with E-state index in [4.69, 9.17) is 0 Å². The van der Waals surface area contributed by atoms with Crippen LogP contribution in [0.25, 0.3) is 0 Å². The molecule has 1 unspecified atom stereocenters. The minimum atomic E-state index is -1.57. The molecule has 0 aliphatic carbocycles. The first kappa shape index (κ1) is 14.7. The average molecular weight is 276 g/mol. The van der Waals surface area contributed by atoms with Gasteiger partial charge >= 0.3 is 0 Å². The minimum Gasteiger partial charge on any atom is -0.381 e. The van der Waals surface area contributed by atoms with E-state index in [1.165, 1.54) is 26.0 Å². The van der Waals surface area contributed by atoms with Crippen LogP contribution in [0.3, 0.4) is 0 Å². The first-order chi connectivity index (χ1) is 9.25. The zero-order chi connectivity index (χ0) is 15.1. The number of aryl methyl sites for hydroxylation is 3. The molecule has 2 aromatic carbocycles. The Bertz CT molecular complexity index is 660. The number of aliphatic hydroxyl groups is 1. The van der Waals surface area contributed by atoms with E-state index < -0.39 is 17.2 Å². The molecule has 1 nitrogen and oxygen atoms in total. The molecule has 1 atom stereocenters. The summed E-state index contributed by atoms with van der Waals surface area (Å²) in [6.07, 6.45) is 0. The van der Waals surface area contributed by atoms with E-state index in [9.17, 15) is 13.9 Å². The average Bonchev–Trinajstić information content (AvgIpc) is 2.38. The highest BCUT2D eigenvalue weighted by atomic mass is 19.2. The van der Waals surface area contributed by atoms with Gasteiger partial charge in [0.25, 0.3) is 0 Å². The van der Waals surface area contributed by atoms with E-state index in [0.717, 1.165) is 11.1 Å². The highest BCUT2D eigenvalue weighted by molar-refractivity contribution is 5.43. The third-order valence-corrected chi connectivity index (χ3v) is 3.72. The lowest BCUT2D eigenvalue weighted by molar-refractivity contribution is 0.0962. The van der Waals surface area contributed by atoms with Gasteiger partial charge in [-0.2, -0.15) is 0 Å². The van der Waals surface area contributed by atoms with Crippen molar-refractivity contribution in [3.8, 4) is 0 Å². The van der Waals surface area contributed by atoms with Crippen molar-refractivity contribution < 1.29 is 13.9 Å². The second-order valence-corrected chi connectivity index (χ2v) is 5.45. The van der Waals surface area contributed by atoms with Gasteiger partial charge in [0.05, 0.1) is 0 Å². The van der Waals surface area contributed by atoms with Crippen LogP contribution in [0.15, 0.2) is 30.3 Å². The lowest BCUT2D eigenvalue weighted by Crippen LogP contribution is -2.26. The Balaban J connectivity index is 2.66. The topological polar surface area (TPSA) is 20.2 Å². The Hall–Kier alpha value is -1.74. The Labute approximate surface area is 117 Å². The van der Waals surface area contributed by atoms with Gasteiger partial charge in [0.2, 0.25) is 0 Å². The van der Waals surface area contributed by atoms with Crippen LogP contribution in [-0.4, -0.2) is 5.11 Å². The lowest BCUT2D eigenvalue weighted by Gasteiger charge is -2.27. The van der Waals surface area contributed by atoms with Crippen molar-refractivity contribution in [2.24, 2.45) is 0 Å². The molecule has 0 fully saturated rings. The molecule has 0 bridgehead atoms. The molecule has 106 valence electrons. The predicted molar refractivity (Wildman–Crippen MR) is 75.7 cm³/mol. The van der Waals surface area contributed by atoms with Gasteiger partial charge in [0.1, 0.15) is 5.60 Å². The number of halogens is 2. The lowest BCUT2D eigenvalue weighted by atomic mass is 9.84. The van der Waals surface area contributed by atoms with Gasteiger partial charge in [0.15, 0.2) is 11.6 Å². The zero-order valence-electron chi connectivity index (χ0n) is 12.1. The van der Waals surface area contributed by atoms with Crippen LogP contribution in [0.1, 0.15) is 34.7 Å². The fourth-order valence-corrected chi connectivity index (χ4v) is 2.43. The summed E-state index contributed by atoms with van der Waals surface area (Å²) in [5, 5.41) is 10.8. The summed E-state index contributed by atoms with van der Waals surface area (Å²) in [4.78, 5) is 0. The van der Waals surface area contributed by atoms with Crippen LogP contribution in [0.4, 0.5) is 8.78 Å². The van der Waals surface area contributed by atoms with Crippen LogP contribution in [0, 0.1) is 32.4 Å². The summed E-state index contributed by atoms with van der Waals surface area (Å²) in [5.41, 5.74) is 0.978. The maximum absolute atomic E-state index is 14.1. The van der Waals surface area contributed by atoms with Crippen LogP contribution in [0.5, 0.6) is 0 Å². The molecule has 20 heavy (non-hydrogen) atoms. The zero-order valence-corrected chi connectivity index (χ0v) is 12.1. The van der Waals surface area contributed by atoms with Crippen molar-refractivity contribution >= 4 is 0 Å². The third-order valence-electron chi connectivity index (χ3n) is 3.72. The molecule has 0 aromatic heterocycles. The number of benzene rings is 2. The molecule has 3 heteroatoms. The van der Waals surface area contributed by atoms with Crippen molar-refractivity contribution in [2.75, 3.05) is 0 Å². The van der Waals surface area contributed by atoms with Crippen LogP contribution in [-0.2, 0) is 5.60 Å². The van der Waals surface area contributed by atoms with E-state index >= 15 is 0 Å². The Kier molecular flexibility index (Phi) is 3.65. The Morgan fingerprint density at radius 1 is 0.850 bits per heavy atom. The largest absolute Gasteiger partial charge is 0.381 e. The van der Waals surface area contributed by atoms with Crippen molar-refractivity contribution in [3.63, 3.8) is 0 Å². The van der Waals surface area contributed by atoms with E-state index in [1.807, 2.05) is 26.0 Å². The molecule has 0 aliphatic heterocycles. The fourth-order valence-electron chi connectivity index (χ4n) is 2.43. The van der Waals surface area contributed by atoms with Gasteiger partial charge in [-0.25, -0.2) is 8.78 Å². The summed E-state index contributed by atoms with van der Waals surface area (Å²) in [6, 6.07) is 8.50. The van der Waals surface area contributed by atoms with Crippen LogP contribution < -0.4 is 0 Å². The van der Waals surface area contributed by atoms with Gasteiger partial charge in [0, 0.05) is 5.56 Å². The normalized spacial score (nSPS) is 14.2. The molecule has 0 heterocycles. The molecule has 0 radical (unpaired) electrons. The summed E-state index contributed by atoms with van der Waals surface area (Å²) in [5.74, 6) is -1.90. The second-order valence-electron chi connectivity index (χ2n) is 5.45. The van der Waals surface area contributed by atoms with Gasteiger partial charge in [-0.15, -0.1) is 0 Å². The predicted octanol–water partition coefficient (Wildman–Crippen LogP) is 4.15. The number of hydrogen-bond acceptors (Lipinski definition) is 1. The van der Waals surface area contributed by atoms with Crippen molar-refractivity contribution in [3.05, 3.63) is 69.8 Å². The molecule has 2 rings (SSSR count). The van der Waals surface area contributed by atoms with Crippen LogP contribution in [0.2, 0.25) is 0 Å². The van der Waals surface area contributed by atoms with E-state index in [-0.39, 0.29) is 11.1 Å². The molecule has 0 saturated heterocycles. The smallest absolute Gasteiger partial charge is 0.165 e. The third kappa shape index (κ3) is 2.34. The molecule has 0 amide bonds. The highest BCUT2D eigenvalue weighted by Gasteiger charge is 2.32. The van der Waals surface area contributed by atoms with Gasteiger partial charge < -0.3 is 5.11 Å². The maximum atomic E-state index is 14.1. The molecule has 1 N–H and O–H groups in total. The Morgan fingerprint density at radius 2 is 1.45 bits per heavy atom. The summed E-state index contributed by atoms with van der Waals surface area (Å²) in [7, 11) is 0. The summed E-state index contributed by atoms with van der Waals surface area (Å²) >= 11 is 0. The number of hydrogen-bond donors (Lipinski definition) is 1. The molecular formula is C17H18F2O. The summed E-state index contributed by atoms with van der Waals surface area (Å²) < 4.78 is 27.9. The second kappa shape index (κ2) is 4.98. The monoisotopic (exact) mass is 276 g/mol. The maximum Gasteiger partial charge on any atom is 0.165 e. The Morgan fingerprint density at radius 3 is 2.10 bits per heavy atom. The number of rotatable bonds is 2. The van der Waals surface area contributed by atoms with Gasteiger partial charge in [-0.1, -0.05) is 35.9 Å². The SMILES string of the molecule is Cc1ccc(C)c(C(C)(O)c2ccc(C)c(F)c2F)c1. The molecule has 0 aliphatic rings. The first-order valence-corrected chi connectivity index (χ1v) is 6.50. The van der Waals surface area contributed by atoms with Crippen molar-refractivity contribution in [1.82, 2.24) is 0 Å². The highest BCUT2D eigenvalue weighted by Crippen LogP contribution is 2.34. The standard InChI is InChI=1S/C17H18F2O/c1-10-5-6-11(2)14(9-10)17(4,20)13-8-7-12(3)15(18)16(13)19/h5-9,20H,1-4H3. The van der Waals surface area contributed by atoms with Gasteiger partial charge in [-0.05, 0) is 44.4 Å². The molecule has 0 saturated carbocycles. The van der Waals surface area contributed by atoms with Crippen molar-refractivity contribution in [2.45, 2.75) is 33.3 Å². The fraction of sp³-hybridized carbons (Fsp3) is 0.294. The van der Waals surface area contributed by atoms with Crippen molar-refractivity contribution in [1.29, 1.82) is 0 Å². The molecule has 0 spiro atoms. The quantitative estimate of drug-likeness (QED) is 0.873. The van der Waals surface area contributed by atoms with Gasteiger partial charge in [-0.3, -0.25) is 0 Å². The van der Waals surface area contributed by atoms with E-state index in [1.54, 1.807) is 6.07 Å². The molecular weight excluding hydrogens is 258 g/mol. The van der Waals surface area contributed by atoms with Crippen LogP contribution >= 0.6 is 0 Å². The summed E-state index contributed by atoms with van der Waals surface area (Å²) in [6.45, 7) is 6.72. The first-order valence-electron chi connectivity index (χ1n) is 6.50. The van der Waals surface area contributed by atoms with E-state index in [2.05, 4.69) is 0 Å². The van der Waals surface area contributed by atoms with E-state index in [0.29, 0.717) is 5.56 Å². The molecule has 2 aromatic rings.